The first-order valence-electron chi connectivity index (χ1n) is 11.8. The van der Waals surface area contributed by atoms with Crippen LogP contribution in [0.2, 0.25) is 0 Å². The van der Waals surface area contributed by atoms with E-state index in [0.717, 1.165) is 31.4 Å². The van der Waals surface area contributed by atoms with Crippen molar-refractivity contribution in [3.8, 4) is 5.82 Å². The first-order chi connectivity index (χ1) is 16.0. The van der Waals surface area contributed by atoms with Crippen LogP contribution in [0.1, 0.15) is 43.5 Å². The largest absolute Gasteiger partial charge is 0.373 e. The van der Waals surface area contributed by atoms with Gasteiger partial charge in [-0.1, -0.05) is 12.1 Å². The number of halogens is 1. The molecule has 0 spiro atoms. The van der Waals surface area contributed by atoms with Crippen molar-refractivity contribution in [1.82, 2.24) is 29.0 Å². The summed E-state index contributed by atoms with van der Waals surface area (Å²) in [4.78, 5) is 15.4. The second kappa shape index (κ2) is 9.23. The van der Waals surface area contributed by atoms with Crippen molar-refractivity contribution in [1.29, 1.82) is 0 Å². The number of ether oxygens (including phenoxy) is 1. The molecule has 2 atom stereocenters. The summed E-state index contributed by atoms with van der Waals surface area (Å²) in [6, 6.07) is 9.50. The number of hydrogen-bond acceptors (Lipinski definition) is 5. The van der Waals surface area contributed by atoms with Crippen molar-refractivity contribution in [3.63, 3.8) is 0 Å². The van der Waals surface area contributed by atoms with Gasteiger partial charge in [0.25, 0.3) is 0 Å². The molecule has 2 saturated heterocycles. The van der Waals surface area contributed by atoms with Gasteiger partial charge in [-0.25, -0.2) is 18.4 Å². The average molecular weight is 455 g/mol. The Morgan fingerprint density at radius 3 is 2.61 bits per heavy atom. The van der Waals surface area contributed by atoms with Crippen LogP contribution in [-0.2, 0) is 24.9 Å². The van der Waals surface area contributed by atoms with Gasteiger partial charge in [0.2, 0.25) is 0 Å². The van der Waals surface area contributed by atoms with Gasteiger partial charge in [0.1, 0.15) is 11.6 Å². The van der Waals surface area contributed by atoms with E-state index in [1.807, 2.05) is 32.3 Å². The van der Waals surface area contributed by atoms with Gasteiger partial charge in [-0.3, -0.25) is 9.58 Å². The molecule has 0 aliphatic carbocycles. The quantitative estimate of drug-likeness (QED) is 0.524. The van der Waals surface area contributed by atoms with Crippen LogP contribution >= 0.6 is 0 Å². The third kappa shape index (κ3) is 4.65. The Hall–Kier alpha value is -2.78. The summed E-state index contributed by atoms with van der Waals surface area (Å²) in [7, 11) is 1.83. The predicted octanol–water partition coefficient (Wildman–Crippen LogP) is 2.82. The normalized spacial score (nSPS) is 22.8. The van der Waals surface area contributed by atoms with Crippen molar-refractivity contribution in [2.24, 2.45) is 7.05 Å². The molecule has 4 heterocycles. The molecule has 9 heteroatoms. The Labute approximate surface area is 192 Å². The minimum Gasteiger partial charge on any atom is -0.373 e. The molecule has 176 valence electrons. The maximum atomic E-state index is 13.4. The predicted molar refractivity (Wildman–Crippen MR) is 122 cm³/mol. The van der Waals surface area contributed by atoms with Crippen molar-refractivity contribution < 1.29 is 9.13 Å². The second-order valence-corrected chi connectivity index (χ2v) is 9.25. The highest BCUT2D eigenvalue weighted by Gasteiger charge is 2.40. The Morgan fingerprint density at radius 2 is 1.91 bits per heavy atom. The van der Waals surface area contributed by atoms with E-state index >= 15 is 0 Å². The fraction of sp³-hybridized carbons (Fsp3) is 0.542. The first-order valence-corrected chi connectivity index (χ1v) is 11.8. The molecule has 2 fully saturated rings. The number of piperidine rings is 1. The van der Waals surface area contributed by atoms with Crippen LogP contribution in [0.5, 0.6) is 0 Å². The van der Waals surface area contributed by atoms with E-state index < -0.39 is 0 Å². The topological polar surface area (TPSA) is 70.1 Å². The first kappa shape index (κ1) is 22.0. The number of aryl methyl sites for hydroxylation is 3. The van der Waals surface area contributed by atoms with Crippen LogP contribution in [0.15, 0.2) is 41.3 Å². The van der Waals surface area contributed by atoms with Gasteiger partial charge in [-0.15, -0.1) is 0 Å². The number of fused-ring (bicyclic) bond motifs is 2. The standard InChI is InChI=1S/C24H31FN6O2/c1-17-26-30(24(32)31(17)23-9-12-28(2)27-23)11-4-10-29-20-7-8-21(29)15-22(14-20)33-16-18-5-3-6-19(25)13-18/h3,5-6,9,12-13,20-22H,4,7-8,10-11,14-16H2,1-2H3. The SMILES string of the molecule is Cc1nn(CCCN2C3CCC2CC(OCc2cccc(F)c2)C3)c(=O)n1-c1ccn(C)n1. The maximum Gasteiger partial charge on any atom is 0.351 e. The minimum absolute atomic E-state index is 0.140. The Bertz CT molecular complexity index is 1150. The molecular weight excluding hydrogens is 423 g/mol. The monoisotopic (exact) mass is 454 g/mol. The summed E-state index contributed by atoms with van der Waals surface area (Å²) in [5.74, 6) is 1.03. The van der Waals surface area contributed by atoms with Crippen molar-refractivity contribution >= 4 is 0 Å². The van der Waals surface area contributed by atoms with Crippen molar-refractivity contribution in [3.05, 3.63) is 64.2 Å². The summed E-state index contributed by atoms with van der Waals surface area (Å²) in [6.45, 7) is 3.84. The molecular formula is C24H31FN6O2. The number of rotatable bonds is 8. The van der Waals surface area contributed by atoms with Gasteiger partial charge < -0.3 is 4.74 Å². The summed E-state index contributed by atoms with van der Waals surface area (Å²) in [6.07, 6.45) is 7.33. The van der Waals surface area contributed by atoms with E-state index in [0.29, 0.717) is 36.9 Å². The third-order valence-corrected chi connectivity index (χ3v) is 6.93. The van der Waals surface area contributed by atoms with Crippen molar-refractivity contribution in [2.45, 2.75) is 70.4 Å². The van der Waals surface area contributed by atoms with Gasteiger partial charge in [0.15, 0.2) is 5.82 Å². The lowest BCUT2D eigenvalue weighted by atomic mass is 9.99. The molecule has 2 aliphatic heterocycles. The molecule has 33 heavy (non-hydrogen) atoms. The van der Waals surface area contributed by atoms with E-state index in [9.17, 15) is 9.18 Å². The number of hydrogen-bond donors (Lipinski definition) is 0. The van der Waals surface area contributed by atoms with Gasteiger partial charge in [0.05, 0.1) is 12.7 Å². The second-order valence-electron chi connectivity index (χ2n) is 9.25. The Morgan fingerprint density at radius 1 is 1.12 bits per heavy atom. The van der Waals surface area contributed by atoms with Gasteiger partial charge in [-0.2, -0.15) is 10.2 Å². The molecule has 5 rings (SSSR count). The summed E-state index contributed by atoms with van der Waals surface area (Å²) < 4.78 is 24.3. The molecule has 3 aromatic rings. The zero-order valence-electron chi connectivity index (χ0n) is 19.2. The Balaban J connectivity index is 1.14. The highest BCUT2D eigenvalue weighted by Crippen LogP contribution is 2.37. The number of aromatic nitrogens is 5. The molecule has 2 aromatic heterocycles. The summed E-state index contributed by atoms with van der Waals surface area (Å²) in [5.41, 5.74) is 0.745. The number of nitrogens with zero attached hydrogens (tertiary/aromatic N) is 6. The maximum absolute atomic E-state index is 13.4. The lowest BCUT2D eigenvalue weighted by molar-refractivity contribution is -0.0287. The van der Waals surface area contributed by atoms with E-state index in [2.05, 4.69) is 15.1 Å². The molecule has 2 unspecified atom stereocenters. The highest BCUT2D eigenvalue weighted by molar-refractivity contribution is 5.21. The van der Waals surface area contributed by atoms with Crippen molar-refractivity contribution in [2.75, 3.05) is 6.54 Å². The van der Waals surface area contributed by atoms with E-state index in [-0.39, 0.29) is 17.6 Å². The summed E-state index contributed by atoms with van der Waals surface area (Å²) >= 11 is 0. The van der Waals surface area contributed by atoms with E-state index in [1.54, 1.807) is 26.1 Å². The fourth-order valence-electron chi connectivity index (χ4n) is 5.42. The van der Waals surface area contributed by atoms with E-state index in [1.165, 1.54) is 18.9 Å². The molecule has 0 N–H and O–H groups in total. The average Bonchev–Trinajstić information content (AvgIpc) is 3.40. The number of benzene rings is 1. The lowest BCUT2D eigenvalue weighted by Gasteiger charge is -2.38. The van der Waals surface area contributed by atoms with Crippen LogP contribution in [0.25, 0.3) is 5.82 Å². The van der Waals surface area contributed by atoms with Crippen LogP contribution in [0.4, 0.5) is 4.39 Å². The van der Waals surface area contributed by atoms with Gasteiger partial charge in [0, 0.05) is 44.5 Å². The molecule has 1 aromatic carbocycles. The van der Waals surface area contributed by atoms with Crippen LogP contribution in [-0.4, -0.2) is 53.8 Å². The lowest BCUT2D eigenvalue weighted by Crippen LogP contribution is -2.46. The molecule has 0 amide bonds. The third-order valence-electron chi connectivity index (χ3n) is 6.93. The van der Waals surface area contributed by atoms with Gasteiger partial charge in [-0.05, 0) is 56.7 Å². The molecule has 0 radical (unpaired) electrons. The van der Waals surface area contributed by atoms with Gasteiger partial charge >= 0.3 is 5.69 Å². The minimum atomic E-state index is -0.217. The Kier molecular flexibility index (Phi) is 6.16. The van der Waals surface area contributed by atoms with Crippen LogP contribution in [0.3, 0.4) is 0 Å². The molecule has 2 aliphatic rings. The zero-order chi connectivity index (χ0) is 22.9. The van der Waals surface area contributed by atoms with Crippen LogP contribution in [0, 0.1) is 12.7 Å². The summed E-state index contributed by atoms with van der Waals surface area (Å²) in [5, 5.41) is 8.79. The molecule has 8 nitrogen and oxygen atoms in total. The smallest absolute Gasteiger partial charge is 0.351 e. The zero-order valence-corrected chi connectivity index (χ0v) is 19.2. The van der Waals surface area contributed by atoms with Crippen LogP contribution < -0.4 is 5.69 Å². The molecule has 0 saturated carbocycles. The van der Waals surface area contributed by atoms with E-state index in [4.69, 9.17) is 4.74 Å². The fourth-order valence-corrected chi connectivity index (χ4v) is 5.42. The molecule has 2 bridgehead atoms. The highest BCUT2D eigenvalue weighted by atomic mass is 19.1.